The van der Waals surface area contributed by atoms with Crippen LogP contribution in [0, 0.1) is 10.7 Å². The monoisotopic (exact) mass is 1570 g/mol. The lowest BCUT2D eigenvalue weighted by atomic mass is 9.93. The largest absolute Gasteiger partial charge is 0.497 e. The number of hydrogen-bond acceptors (Lipinski definition) is 15. The first-order chi connectivity index (χ1) is 42.1. The Bertz CT molecular complexity index is 4170. The molecule has 0 aliphatic heterocycles. The number of aromatic amines is 1. The summed E-state index contributed by atoms with van der Waals surface area (Å²) in [5.74, 6) is 3.42. The summed E-state index contributed by atoms with van der Waals surface area (Å²) in [6, 6.07) is 21.9. The summed E-state index contributed by atoms with van der Waals surface area (Å²) in [7, 11) is 3.35. The number of thiophene rings is 1. The number of nitrogens with one attached hydrogen (secondary N) is 4. The van der Waals surface area contributed by atoms with Crippen molar-refractivity contribution in [3.05, 3.63) is 148 Å². The second kappa shape index (κ2) is 28.1. The molecule has 452 valence electrons. The van der Waals surface area contributed by atoms with Gasteiger partial charge in [0.05, 0.1) is 42.3 Å². The molecule has 9 heterocycles. The molecule has 1 amide bonds. The number of anilines is 2. The van der Waals surface area contributed by atoms with Gasteiger partial charge in [-0.3, -0.25) is 0 Å². The summed E-state index contributed by atoms with van der Waals surface area (Å²) in [5, 5.41) is 14.9. The normalized spacial score (nSPS) is 14.2. The van der Waals surface area contributed by atoms with Gasteiger partial charge in [0.25, 0.3) is 0 Å². The van der Waals surface area contributed by atoms with Crippen molar-refractivity contribution in [3.8, 4) is 21.9 Å². The summed E-state index contributed by atoms with van der Waals surface area (Å²) in [5.41, 5.74) is 6.66. The Morgan fingerprint density at radius 3 is 1.56 bits per heavy atom. The first-order valence-electron chi connectivity index (χ1n) is 28.6. The van der Waals surface area contributed by atoms with Crippen LogP contribution in [0.25, 0.3) is 54.6 Å². The van der Waals surface area contributed by atoms with Crippen molar-refractivity contribution in [1.82, 2.24) is 63.9 Å². The van der Waals surface area contributed by atoms with Crippen LogP contribution in [-0.2, 0) is 24.4 Å². The van der Waals surface area contributed by atoms with Crippen LogP contribution in [0.4, 0.5) is 16.4 Å². The minimum absolute atomic E-state index is 0.414. The Morgan fingerprint density at radius 1 is 0.586 bits per heavy atom. The maximum Gasteiger partial charge on any atom is 0.407 e. The molecule has 19 nitrogen and oxygen atoms in total. The maximum absolute atomic E-state index is 12.1. The van der Waals surface area contributed by atoms with Gasteiger partial charge in [-0.1, -0.05) is 47.5 Å². The Hall–Kier alpha value is -6.14. The molecular weight excluding hydrogens is 1500 g/mol. The van der Waals surface area contributed by atoms with Gasteiger partial charge in [0.1, 0.15) is 86.9 Å². The lowest BCUT2D eigenvalue weighted by Gasteiger charge is -2.27. The quantitative estimate of drug-likeness (QED) is 0.0589. The number of carbonyl (C=O) groups is 1. The number of halogens is 5. The number of fused-ring (bicyclic) bond motifs is 4. The standard InChI is InChI=1S/C28H33N5O3S.C18H19IN4O.C10H9ClIN3.C6H3ClIN3/c1-28(2,3)36-27(34)30-15-21-12-13-23(37-21)22-16-33(19-6-5-7-19)26-24(22)25(31-17-32-26)29-14-18-8-10-20(35-4)11-9-18;1-24-14-7-5-12(6-8-14)9-20-17-16-15(19)10-23(13-3-2-4-13)18(16)22-11-21-17;11-9-8-7(12)4-15(6-2-1-3-6)10(8)14-5-13-9;7-5-4-3(8)1-9-6(4)11-2-10-5/h8-13,16-17,19H,5-7,14-15H2,1-4H3,(H,30,34)(H,29,31,32);5-8,10-11,13H,2-4,9H2,1H3,(H,20,21,22);4-6H,1-3H2;1-2H,(H,9,10,11). The second-order valence-corrected chi connectivity index (χ2v) is 27.6. The van der Waals surface area contributed by atoms with Crippen molar-refractivity contribution in [1.29, 1.82) is 0 Å². The van der Waals surface area contributed by atoms with Gasteiger partial charge in [0, 0.05) is 82.0 Å². The molecule has 2 aromatic carbocycles. The molecule has 3 saturated carbocycles. The SMILES string of the molecule is COc1ccc(CNc2ncnc3c2c(-c2ccc(CNC(=O)OC(C)(C)C)s2)cn3C2CCC2)cc1.COc1ccc(CNc2ncnc3c2c(I)cn3C2CCC2)cc1.Clc1ncnc2[nH]cc(I)c12.Clc1ncnc2c1c(I)cn2C1CCC1. The molecule has 0 radical (unpaired) electrons. The third kappa shape index (κ3) is 14.6. The number of amides is 1. The summed E-state index contributed by atoms with van der Waals surface area (Å²) < 4.78 is 26.1. The van der Waals surface area contributed by atoms with Crippen LogP contribution in [0.1, 0.15) is 113 Å². The van der Waals surface area contributed by atoms with Crippen LogP contribution in [0.2, 0.25) is 10.3 Å². The molecule has 3 aliphatic carbocycles. The Kier molecular flexibility index (Phi) is 20.2. The molecule has 0 atom stereocenters. The third-order valence-electron chi connectivity index (χ3n) is 15.4. The second-order valence-electron chi connectivity index (χ2n) is 22.2. The number of carbonyl (C=O) groups excluding carboxylic acids is 1. The molecule has 11 aromatic rings. The summed E-state index contributed by atoms with van der Waals surface area (Å²) in [6.07, 6.45) is 25.5. The molecule has 25 heteroatoms. The molecule has 3 fully saturated rings. The van der Waals surface area contributed by atoms with E-state index in [1.54, 1.807) is 38.2 Å². The molecule has 3 aliphatic rings. The fraction of sp³-hybridized carbons (Fsp3) is 0.339. The van der Waals surface area contributed by atoms with E-state index in [2.05, 4.69) is 180 Å². The molecular formula is C62H64Cl2I3N15O4S. The highest BCUT2D eigenvalue weighted by atomic mass is 127. The topological polar surface area (TPSA) is 215 Å². The number of methoxy groups -OCH3 is 2. The van der Waals surface area contributed by atoms with Gasteiger partial charge < -0.3 is 48.8 Å². The predicted octanol–water partition coefficient (Wildman–Crippen LogP) is 16.5. The molecule has 0 spiro atoms. The van der Waals surface area contributed by atoms with Gasteiger partial charge in [-0.25, -0.2) is 44.7 Å². The van der Waals surface area contributed by atoms with Crippen molar-refractivity contribution < 1.29 is 19.0 Å². The van der Waals surface area contributed by atoms with E-state index >= 15 is 0 Å². The van der Waals surface area contributed by atoms with Crippen LogP contribution in [0.15, 0.2) is 111 Å². The smallest absolute Gasteiger partial charge is 0.407 e. The number of aromatic nitrogens is 12. The van der Waals surface area contributed by atoms with Crippen molar-refractivity contribution in [2.24, 2.45) is 0 Å². The van der Waals surface area contributed by atoms with E-state index < -0.39 is 11.7 Å². The zero-order valence-corrected chi connectivity index (χ0v) is 57.3. The number of hydrogen-bond donors (Lipinski definition) is 4. The van der Waals surface area contributed by atoms with Crippen molar-refractivity contribution in [3.63, 3.8) is 0 Å². The number of H-pyrrole nitrogens is 1. The lowest BCUT2D eigenvalue weighted by Crippen LogP contribution is -2.31. The van der Waals surface area contributed by atoms with E-state index in [1.807, 2.05) is 63.4 Å². The average molecular weight is 1570 g/mol. The first-order valence-corrected chi connectivity index (χ1v) is 33.4. The number of alkyl carbamates (subject to hydrolysis) is 1. The molecule has 4 N–H and O–H groups in total. The Labute approximate surface area is 558 Å². The maximum atomic E-state index is 12.1. The van der Waals surface area contributed by atoms with Gasteiger partial charge in [0.2, 0.25) is 0 Å². The van der Waals surface area contributed by atoms with Crippen molar-refractivity contribution in [2.45, 2.75) is 122 Å². The minimum Gasteiger partial charge on any atom is -0.497 e. The zero-order valence-electron chi connectivity index (χ0n) is 48.5. The molecule has 0 unspecified atom stereocenters. The fourth-order valence-corrected chi connectivity index (χ4v) is 14.3. The highest BCUT2D eigenvalue weighted by Crippen LogP contribution is 2.43. The van der Waals surface area contributed by atoms with Crippen LogP contribution < -0.4 is 25.4 Å². The van der Waals surface area contributed by atoms with E-state index in [9.17, 15) is 4.79 Å². The van der Waals surface area contributed by atoms with Crippen LogP contribution in [0.5, 0.6) is 11.5 Å². The molecule has 14 rings (SSSR count). The van der Waals surface area contributed by atoms with Gasteiger partial charge in [0.15, 0.2) is 0 Å². The van der Waals surface area contributed by atoms with Crippen LogP contribution in [0.3, 0.4) is 0 Å². The van der Waals surface area contributed by atoms with E-state index in [1.165, 1.54) is 66.7 Å². The fourth-order valence-electron chi connectivity index (χ4n) is 10.3. The molecule has 0 saturated heterocycles. The van der Waals surface area contributed by atoms with Gasteiger partial charge >= 0.3 is 6.09 Å². The Balaban J connectivity index is 0.000000133. The Morgan fingerprint density at radius 2 is 1.06 bits per heavy atom. The number of ether oxygens (including phenoxy) is 3. The third-order valence-corrected chi connectivity index (χ3v) is 19.6. The van der Waals surface area contributed by atoms with Gasteiger partial charge in [-0.05, 0) is 194 Å². The summed E-state index contributed by atoms with van der Waals surface area (Å²) in [6.45, 7) is 7.35. The highest BCUT2D eigenvalue weighted by Gasteiger charge is 2.28. The van der Waals surface area contributed by atoms with Gasteiger partial charge in [-0.15, -0.1) is 11.3 Å². The molecule has 87 heavy (non-hydrogen) atoms. The lowest BCUT2D eigenvalue weighted by molar-refractivity contribution is 0.0524. The van der Waals surface area contributed by atoms with Crippen LogP contribution in [-0.4, -0.2) is 84.5 Å². The van der Waals surface area contributed by atoms with E-state index in [0.717, 1.165) is 115 Å². The minimum atomic E-state index is -0.525. The molecule has 0 bridgehead atoms. The summed E-state index contributed by atoms with van der Waals surface area (Å²) >= 11 is 20.4. The van der Waals surface area contributed by atoms with Gasteiger partial charge in [-0.2, -0.15) is 0 Å². The van der Waals surface area contributed by atoms with E-state index in [-0.39, 0.29) is 0 Å². The molecule has 9 aromatic heterocycles. The first kappa shape index (κ1) is 62.5. The number of nitrogens with zero attached hydrogens (tertiary/aromatic N) is 11. The van der Waals surface area contributed by atoms with Crippen LogP contribution >= 0.6 is 102 Å². The van der Waals surface area contributed by atoms with E-state index in [4.69, 9.17) is 42.4 Å². The zero-order chi connectivity index (χ0) is 60.8. The summed E-state index contributed by atoms with van der Waals surface area (Å²) in [4.78, 5) is 51.8. The predicted molar refractivity (Wildman–Crippen MR) is 370 cm³/mol. The van der Waals surface area contributed by atoms with Crippen molar-refractivity contribution in [2.75, 3.05) is 24.9 Å². The van der Waals surface area contributed by atoms with Crippen molar-refractivity contribution >= 4 is 164 Å². The average Bonchev–Trinajstić information content (AvgIpc) is 1.83. The van der Waals surface area contributed by atoms with E-state index in [0.29, 0.717) is 41.5 Å². The number of rotatable bonds is 14. The highest BCUT2D eigenvalue weighted by molar-refractivity contribution is 14.1. The number of benzene rings is 2.